The van der Waals surface area contributed by atoms with Crippen LogP contribution >= 0.6 is 0 Å². The summed E-state index contributed by atoms with van der Waals surface area (Å²) in [5.74, 6) is 0.331. The Bertz CT molecular complexity index is 972. The standard InChI is InChI=1S/C22H22N4O3/c27-21(19-10-4-5-11-23-19)16-7-6-12-26(14-16)22(28)20-13-17(24-25-20)15-29-18-8-2-1-3-9-18/h1-5,8-11,13,16H,6-7,12,14-15H2,(H,24,25)/t16-/m0/s1. The first kappa shape index (κ1) is 18.9. The highest BCUT2D eigenvalue weighted by atomic mass is 16.5. The lowest BCUT2D eigenvalue weighted by Gasteiger charge is -2.31. The van der Waals surface area contributed by atoms with Crippen LogP contribution in [0.25, 0.3) is 0 Å². The first-order chi connectivity index (χ1) is 14.2. The fraction of sp³-hybridized carbons (Fsp3) is 0.273. The number of pyridine rings is 1. The average Bonchev–Trinajstić information content (AvgIpc) is 3.27. The SMILES string of the molecule is O=C(c1ccccn1)[C@H]1CCCN(C(=O)c2cc(COc3ccccc3)[nH]n2)C1. The molecule has 0 aliphatic carbocycles. The maximum atomic E-state index is 12.9. The van der Waals surface area contributed by atoms with Crippen LogP contribution < -0.4 is 4.74 Å². The Labute approximate surface area is 168 Å². The topological polar surface area (TPSA) is 88.2 Å². The number of benzene rings is 1. The number of aromatic nitrogens is 3. The van der Waals surface area contributed by atoms with Gasteiger partial charge in [-0.15, -0.1) is 0 Å². The van der Waals surface area contributed by atoms with Crippen LogP contribution in [-0.4, -0.2) is 44.9 Å². The number of likely N-dealkylation sites (tertiary alicyclic amines) is 1. The third-order valence-corrected chi connectivity index (χ3v) is 4.98. The van der Waals surface area contributed by atoms with Gasteiger partial charge >= 0.3 is 0 Å². The molecule has 1 amide bonds. The Morgan fingerprint density at radius 3 is 2.72 bits per heavy atom. The van der Waals surface area contributed by atoms with Crippen molar-refractivity contribution in [1.82, 2.24) is 20.1 Å². The quantitative estimate of drug-likeness (QED) is 0.654. The Hall–Kier alpha value is -3.48. The summed E-state index contributed by atoms with van der Waals surface area (Å²) in [4.78, 5) is 31.4. The number of carbonyl (C=O) groups is 2. The molecule has 1 atom stereocenters. The molecular formula is C22H22N4O3. The van der Waals surface area contributed by atoms with Crippen molar-refractivity contribution in [1.29, 1.82) is 0 Å². The maximum absolute atomic E-state index is 12.9. The number of nitrogens with one attached hydrogen (secondary N) is 1. The summed E-state index contributed by atoms with van der Waals surface area (Å²) in [6, 6.07) is 16.5. The van der Waals surface area contributed by atoms with Crippen LogP contribution in [0.2, 0.25) is 0 Å². The Morgan fingerprint density at radius 2 is 1.93 bits per heavy atom. The summed E-state index contributed by atoms with van der Waals surface area (Å²) >= 11 is 0. The molecule has 1 aliphatic rings. The molecule has 0 bridgehead atoms. The number of ether oxygens (including phenoxy) is 1. The summed E-state index contributed by atoms with van der Waals surface area (Å²) in [5.41, 5.74) is 1.50. The number of aromatic amines is 1. The Kier molecular flexibility index (Phi) is 5.65. The van der Waals surface area contributed by atoms with Crippen molar-refractivity contribution in [2.24, 2.45) is 5.92 Å². The summed E-state index contributed by atoms with van der Waals surface area (Å²) in [5, 5.41) is 6.99. The fourth-order valence-electron chi connectivity index (χ4n) is 3.48. The van der Waals surface area contributed by atoms with Crippen LogP contribution in [0.5, 0.6) is 5.75 Å². The van der Waals surface area contributed by atoms with Crippen molar-refractivity contribution < 1.29 is 14.3 Å². The van der Waals surface area contributed by atoms with E-state index in [4.69, 9.17) is 4.74 Å². The molecule has 7 nitrogen and oxygen atoms in total. The number of Topliss-reactive ketones (excluding diaryl/α,β-unsaturated/α-hetero) is 1. The molecule has 148 valence electrons. The van der Waals surface area contributed by atoms with Gasteiger partial charge in [0.25, 0.3) is 5.91 Å². The van der Waals surface area contributed by atoms with Crippen molar-refractivity contribution in [2.75, 3.05) is 13.1 Å². The zero-order valence-corrected chi connectivity index (χ0v) is 16.0. The summed E-state index contributed by atoms with van der Waals surface area (Å²) < 4.78 is 5.68. The molecule has 2 aromatic heterocycles. The van der Waals surface area contributed by atoms with E-state index < -0.39 is 0 Å². The number of ketones is 1. The monoisotopic (exact) mass is 390 g/mol. The average molecular weight is 390 g/mol. The van der Waals surface area contributed by atoms with Crippen LogP contribution in [0.3, 0.4) is 0 Å². The van der Waals surface area contributed by atoms with Crippen molar-refractivity contribution in [3.05, 3.63) is 77.9 Å². The van der Waals surface area contributed by atoms with Crippen molar-refractivity contribution in [3.8, 4) is 5.75 Å². The molecular weight excluding hydrogens is 368 g/mol. The second-order valence-corrected chi connectivity index (χ2v) is 7.05. The second kappa shape index (κ2) is 8.68. The molecule has 3 aromatic rings. The van der Waals surface area contributed by atoms with E-state index in [9.17, 15) is 9.59 Å². The van der Waals surface area contributed by atoms with Gasteiger partial charge < -0.3 is 9.64 Å². The van der Waals surface area contributed by atoms with Gasteiger partial charge in [-0.05, 0) is 43.2 Å². The second-order valence-electron chi connectivity index (χ2n) is 7.05. The number of piperidine rings is 1. The van der Waals surface area contributed by atoms with Crippen LogP contribution in [0.1, 0.15) is 39.5 Å². The van der Waals surface area contributed by atoms with Crippen LogP contribution in [0.15, 0.2) is 60.8 Å². The van der Waals surface area contributed by atoms with Gasteiger partial charge in [-0.2, -0.15) is 5.10 Å². The molecule has 4 rings (SSSR count). The third kappa shape index (κ3) is 4.51. The summed E-state index contributed by atoms with van der Waals surface area (Å²) in [6.07, 6.45) is 3.15. The highest BCUT2D eigenvalue weighted by Gasteiger charge is 2.30. The molecule has 3 heterocycles. The van der Waals surface area contributed by atoms with Gasteiger partial charge in [-0.3, -0.25) is 19.7 Å². The van der Waals surface area contributed by atoms with Crippen LogP contribution in [-0.2, 0) is 6.61 Å². The van der Waals surface area contributed by atoms with Gasteiger partial charge in [0.05, 0.1) is 5.69 Å². The smallest absolute Gasteiger partial charge is 0.274 e. The van der Waals surface area contributed by atoms with E-state index in [0.29, 0.717) is 31.1 Å². The van der Waals surface area contributed by atoms with Gasteiger partial charge in [0.15, 0.2) is 11.5 Å². The van der Waals surface area contributed by atoms with E-state index in [2.05, 4.69) is 15.2 Å². The zero-order chi connectivity index (χ0) is 20.1. The highest BCUT2D eigenvalue weighted by Crippen LogP contribution is 2.22. The molecule has 1 fully saturated rings. The lowest BCUT2D eigenvalue weighted by atomic mass is 9.91. The predicted molar refractivity (Wildman–Crippen MR) is 107 cm³/mol. The van der Waals surface area contributed by atoms with E-state index in [0.717, 1.165) is 24.3 Å². The lowest BCUT2D eigenvalue weighted by Crippen LogP contribution is -2.42. The van der Waals surface area contributed by atoms with E-state index in [1.54, 1.807) is 35.4 Å². The van der Waals surface area contributed by atoms with Crippen molar-refractivity contribution in [2.45, 2.75) is 19.4 Å². The zero-order valence-electron chi connectivity index (χ0n) is 16.0. The molecule has 7 heteroatoms. The summed E-state index contributed by atoms with van der Waals surface area (Å²) in [7, 11) is 0. The number of para-hydroxylation sites is 1. The maximum Gasteiger partial charge on any atom is 0.274 e. The number of carbonyl (C=O) groups excluding carboxylic acids is 2. The molecule has 1 aliphatic heterocycles. The molecule has 0 radical (unpaired) electrons. The molecule has 0 unspecified atom stereocenters. The number of H-pyrrole nitrogens is 1. The summed E-state index contributed by atoms with van der Waals surface area (Å²) in [6.45, 7) is 1.30. The van der Waals surface area contributed by atoms with Gasteiger partial charge in [0.1, 0.15) is 18.1 Å². The number of nitrogens with zero attached hydrogens (tertiary/aromatic N) is 3. The number of hydrogen-bond donors (Lipinski definition) is 1. The van der Waals surface area contributed by atoms with E-state index in [1.165, 1.54) is 0 Å². The van der Waals surface area contributed by atoms with Crippen LogP contribution in [0, 0.1) is 5.92 Å². The minimum Gasteiger partial charge on any atom is -0.487 e. The minimum atomic E-state index is -0.234. The van der Waals surface area contributed by atoms with Crippen LogP contribution in [0.4, 0.5) is 0 Å². The molecule has 0 saturated carbocycles. The number of rotatable bonds is 6. The Balaban J connectivity index is 1.38. The molecule has 1 N–H and O–H groups in total. The van der Waals surface area contributed by atoms with Gasteiger partial charge in [0, 0.05) is 25.2 Å². The van der Waals surface area contributed by atoms with Crippen molar-refractivity contribution in [3.63, 3.8) is 0 Å². The van der Waals surface area contributed by atoms with Gasteiger partial charge in [-0.1, -0.05) is 24.3 Å². The predicted octanol–water partition coefficient (Wildman–Crippen LogP) is 3.12. The normalized spacial score (nSPS) is 16.4. The first-order valence-electron chi connectivity index (χ1n) is 9.67. The fourth-order valence-corrected chi connectivity index (χ4v) is 3.48. The molecule has 1 saturated heterocycles. The molecule has 1 aromatic carbocycles. The third-order valence-electron chi connectivity index (χ3n) is 4.98. The van der Waals surface area contributed by atoms with E-state index in [1.807, 2.05) is 30.3 Å². The highest BCUT2D eigenvalue weighted by molar-refractivity contribution is 5.97. The molecule has 29 heavy (non-hydrogen) atoms. The number of amides is 1. The van der Waals surface area contributed by atoms with E-state index in [-0.39, 0.29) is 17.6 Å². The van der Waals surface area contributed by atoms with E-state index >= 15 is 0 Å². The molecule has 0 spiro atoms. The lowest BCUT2D eigenvalue weighted by molar-refractivity contribution is 0.0630. The minimum absolute atomic E-state index is 0.0120. The number of hydrogen-bond acceptors (Lipinski definition) is 5. The van der Waals surface area contributed by atoms with Crippen molar-refractivity contribution >= 4 is 11.7 Å². The first-order valence-corrected chi connectivity index (χ1v) is 9.67. The van der Waals surface area contributed by atoms with Gasteiger partial charge in [0.2, 0.25) is 0 Å². The largest absolute Gasteiger partial charge is 0.487 e. The Morgan fingerprint density at radius 1 is 1.10 bits per heavy atom. The van der Waals surface area contributed by atoms with Gasteiger partial charge in [-0.25, -0.2) is 0 Å².